The van der Waals surface area contributed by atoms with Crippen molar-refractivity contribution >= 4 is 11.9 Å². The number of carbonyl (C=O) groups is 2. The number of carbonyl (C=O) groups excluding carboxylic acids is 2. The fourth-order valence-electron chi connectivity index (χ4n) is 2.37. The summed E-state index contributed by atoms with van der Waals surface area (Å²) in [4.78, 5) is 24.0. The molecule has 0 aromatic heterocycles. The smallest absolute Gasteiger partial charge is 0.328 e. The predicted molar refractivity (Wildman–Crippen MR) is 88.9 cm³/mol. The van der Waals surface area contributed by atoms with Gasteiger partial charge < -0.3 is 10.1 Å². The Morgan fingerprint density at radius 1 is 0.957 bits per heavy atom. The van der Waals surface area contributed by atoms with E-state index in [-0.39, 0.29) is 12.3 Å². The highest BCUT2D eigenvalue weighted by atomic mass is 16.5. The molecule has 0 heterocycles. The molecule has 4 heteroatoms. The maximum atomic E-state index is 12.1. The van der Waals surface area contributed by atoms with Gasteiger partial charge in [-0.05, 0) is 24.0 Å². The number of amides is 1. The lowest BCUT2D eigenvalue weighted by Gasteiger charge is -2.16. The molecule has 0 aliphatic rings. The van der Waals surface area contributed by atoms with Crippen LogP contribution in [-0.4, -0.2) is 25.0 Å². The molecule has 0 saturated heterocycles. The lowest BCUT2D eigenvalue weighted by molar-refractivity contribution is -0.145. The quantitative estimate of drug-likeness (QED) is 0.799. The van der Waals surface area contributed by atoms with Gasteiger partial charge in [-0.15, -0.1) is 0 Å². The van der Waals surface area contributed by atoms with Crippen molar-refractivity contribution in [1.82, 2.24) is 5.32 Å². The minimum Gasteiger partial charge on any atom is -0.467 e. The third-order valence-corrected chi connectivity index (χ3v) is 3.59. The van der Waals surface area contributed by atoms with Crippen LogP contribution in [0.4, 0.5) is 0 Å². The van der Waals surface area contributed by atoms with Crippen molar-refractivity contribution in [2.75, 3.05) is 7.11 Å². The summed E-state index contributed by atoms with van der Waals surface area (Å²) in [6.07, 6.45) is 1.46. The molecule has 2 aromatic carbocycles. The molecule has 2 rings (SSSR count). The summed E-state index contributed by atoms with van der Waals surface area (Å²) in [5.41, 5.74) is 2.04. The molecular weight excluding hydrogens is 290 g/mol. The standard InChI is InChI=1S/C19H21NO3/c1-23-19(22)17(13-12-15-8-4-2-5-9-15)20-18(21)14-16-10-6-3-7-11-16/h2-11,17H,12-14H2,1H3,(H,20,21)/t17-/m1/s1. The maximum absolute atomic E-state index is 12.1. The number of benzene rings is 2. The van der Waals surface area contributed by atoms with Crippen LogP contribution in [0.2, 0.25) is 0 Å². The molecule has 0 spiro atoms. The lowest BCUT2D eigenvalue weighted by atomic mass is 10.0. The van der Waals surface area contributed by atoms with Gasteiger partial charge in [0.25, 0.3) is 0 Å². The maximum Gasteiger partial charge on any atom is 0.328 e. The van der Waals surface area contributed by atoms with Crippen LogP contribution in [-0.2, 0) is 27.2 Å². The molecule has 4 nitrogen and oxygen atoms in total. The first-order valence-corrected chi connectivity index (χ1v) is 7.64. The third-order valence-electron chi connectivity index (χ3n) is 3.59. The van der Waals surface area contributed by atoms with E-state index in [2.05, 4.69) is 5.32 Å². The number of methoxy groups -OCH3 is 1. The fraction of sp³-hybridized carbons (Fsp3) is 0.263. The van der Waals surface area contributed by atoms with Crippen LogP contribution in [0.3, 0.4) is 0 Å². The monoisotopic (exact) mass is 311 g/mol. The number of esters is 1. The van der Waals surface area contributed by atoms with Crippen LogP contribution >= 0.6 is 0 Å². The predicted octanol–water partition coefficient (Wildman–Crippen LogP) is 2.52. The third kappa shape index (κ3) is 5.58. The van der Waals surface area contributed by atoms with Crippen molar-refractivity contribution in [3.8, 4) is 0 Å². The van der Waals surface area contributed by atoms with Gasteiger partial charge in [0.15, 0.2) is 0 Å². The van der Waals surface area contributed by atoms with Gasteiger partial charge in [-0.3, -0.25) is 4.79 Å². The van der Waals surface area contributed by atoms with Gasteiger partial charge >= 0.3 is 5.97 Å². The highest BCUT2D eigenvalue weighted by molar-refractivity contribution is 5.85. The largest absolute Gasteiger partial charge is 0.467 e. The van der Waals surface area contributed by atoms with E-state index in [1.165, 1.54) is 7.11 Å². The van der Waals surface area contributed by atoms with E-state index < -0.39 is 12.0 Å². The fourth-order valence-corrected chi connectivity index (χ4v) is 2.37. The molecule has 1 N–H and O–H groups in total. The molecule has 0 saturated carbocycles. The Hall–Kier alpha value is -2.62. The molecule has 0 bridgehead atoms. The summed E-state index contributed by atoms with van der Waals surface area (Å²) < 4.78 is 4.80. The zero-order chi connectivity index (χ0) is 16.5. The summed E-state index contributed by atoms with van der Waals surface area (Å²) in [6, 6.07) is 18.7. The molecule has 0 aliphatic heterocycles. The van der Waals surface area contributed by atoms with Crippen LogP contribution in [0.5, 0.6) is 0 Å². The zero-order valence-corrected chi connectivity index (χ0v) is 13.2. The number of nitrogens with one attached hydrogen (secondary N) is 1. The van der Waals surface area contributed by atoms with Gasteiger partial charge in [0.2, 0.25) is 5.91 Å². The van der Waals surface area contributed by atoms with E-state index >= 15 is 0 Å². The average molecular weight is 311 g/mol. The van der Waals surface area contributed by atoms with Crippen LogP contribution in [0.25, 0.3) is 0 Å². The average Bonchev–Trinajstić information content (AvgIpc) is 2.59. The van der Waals surface area contributed by atoms with E-state index in [0.29, 0.717) is 12.8 Å². The number of hydrogen-bond donors (Lipinski definition) is 1. The van der Waals surface area contributed by atoms with Gasteiger partial charge in [-0.1, -0.05) is 60.7 Å². The van der Waals surface area contributed by atoms with Crippen molar-refractivity contribution in [3.63, 3.8) is 0 Å². The summed E-state index contributed by atoms with van der Waals surface area (Å²) in [5.74, 6) is -0.595. The molecule has 0 unspecified atom stereocenters. The topological polar surface area (TPSA) is 55.4 Å². The molecular formula is C19H21NO3. The summed E-state index contributed by atoms with van der Waals surface area (Å²) in [6.45, 7) is 0. The van der Waals surface area contributed by atoms with Crippen LogP contribution < -0.4 is 5.32 Å². The van der Waals surface area contributed by atoms with Crippen molar-refractivity contribution in [2.45, 2.75) is 25.3 Å². The van der Waals surface area contributed by atoms with E-state index in [1.807, 2.05) is 60.7 Å². The first kappa shape index (κ1) is 16.7. The molecule has 0 fully saturated rings. The number of rotatable bonds is 7. The Kier molecular flexibility index (Phi) is 6.36. The van der Waals surface area contributed by atoms with Gasteiger partial charge in [0.05, 0.1) is 13.5 Å². The van der Waals surface area contributed by atoms with Crippen LogP contribution in [0.1, 0.15) is 17.5 Å². The van der Waals surface area contributed by atoms with E-state index in [9.17, 15) is 9.59 Å². The highest BCUT2D eigenvalue weighted by Crippen LogP contribution is 2.07. The Bertz CT molecular complexity index is 626. The number of hydrogen-bond acceptors (Lipinski definition) is 3. The second-order valence-corrected chi connectivity index (χ2v) is 5.33. The zero-order valence-electron chi connectivity index (χ0n) is 13.2. The summed E-state index contributed by atoms with van der Waals surface area (Å²) in [5, 5.41) is 2.77. The molecule has 1 amide bonds. The van der Waals surface area contributed by atoms with E-state index in [1.54, 1.807) is 0 Å². The normalized spacial score (nSPS) is 11.5. The van der Waals surface area contributed by atoms with Crippen LogP contribution in [0, 0.1) is 0 Å². The van der Waals surface area contributed by atoms with E-state index in [4.69, 9.17) is 4.74 Å². The van der Waals surface area contributed by atoms with Crippen molar-refractivity contribution < 1.29 is 14.3 Å². The first-order chi connectivity index (χ1) is 11.2. The molecule has 120 valence electrons. The molecule has 23 heavy (non-hydrogen) atoms. The SMILES string of the molecule is COC(=O)[C@@H](CCc1ccccc1)NC(=O)Cc1ccccc1. The Balaban J connectivity index is 1.92. The van der Waals surface area contributed by atoms with Gasteiger partial charge in [0.1, 0.15) is 6.04 Å². The second kappa shape index (κ2) is 8.73. The summed E-state index contributed by atoms with van der Waals surface area (Å²) in [7, 11) is 1.33. The first-order valence-electron chi connectivity index (χ1n) is 7.64. The Labute approximate surface area is 136 Å². The number of aryl methyl sites for hydroxylation is 1. The Morgan fingerprint density at radius 3 is 2.09 bits per heavy atom. The summed E-state index contributed by atoms with van der Waals surface area (Å²) >= 11 is 0. The van der Waals surface area contributed by atoms with E-state index in [0.717, 1.165) is 11.1 Å². The Morgan fingerprint density at radius 2 is 1.52 bits per heavy atom. The second-order valence-electron chi connectivity index (χ2n) is 5.33. The molecule has 1 atom stereocenters. The van der Waals surface area contributed by atoms with Crippen LogP contribution in [0.15, 0.2) is 60.7 Å². The molecule has 0 aliphatic carbocycles. The minimum absolute atomic E-state index is 0.181. The molecule has 2 aromatic rings. The van der Waals surface area contributed by atoms with Gasteiger partial charge in [0, 0.05) is 0 Å². The van der Waals surface area contributed by atoms with Crippen molar-refractivity contribution in [3.05, 3.63) is 71.8 Å². The van der Waals surface area contributed by atoms with Crippen molar-refractivity contribution in [2.24, 2.45) is 0 Å². The minimum atomic E-state index is -0.628. The number of ether oxygens (including phenoxy) is 1. The molecule has 0 radical (unpaired) electrons. The highest BCUT2D eigenvalue weighted by Gasteiger charge is 2.21. The van der Waals surface area contributed by atoms with Gasteiger partial charge in [-0.2, -0.15) is 0 Å². The lowest BCUT2D eigenvalue weighted by Crippen LogP contribution is -2.42. The van der Waals surface area contributed by atoms with Crippen molar-refractivity contribution in [1.29, 1.82) is 0 Å². The van der Waals surface area contributed by atoms with Gasteiger partial charge in [-0.25, -0.2) is 4.79 Å².